The molecule has 0 N–H and O–H groups in total. The largest absolute Gasteiger partial charge is 0.497 e. The lowest BCUT2D eigenvalue weighted by Crippen LogP contribution is -2.44. The van der Waals surface area contributed by atoms with Crippen molar-refractivity contribution in [1.82, 2.24) is 0 Å². The van der Waals surface area contributed by atoms with Gasteiger partial charge in [0.05, 0.1) is 18.8 Å². The van der Waals surface area contributed by atoms with Gasteiger partial charge in [-0.25, -0.2) is 4.79 Å². The molecule has 32 heavy (non-hydrogen) atoms. The summed E-state index contributed by atoms with van der Waals surface area (Å²) in [5.41, 5.74) is 1.72. The fraction of sp³-hybridized carbons (Fsp3) is 0.538. The predicted molar refractivity (Wildman–Crippen MR) is 132 cm³/mol. The Morgan fingerprint density at radius 3 is 2.06 bits per heavy atom. The summed E-state index contributed by atoms with van der Waals surface area (Å²) in [6.07, 6.45) is 1.21. The quantitative estimate of drug-likeness (QED) is 0.0773. The SMILES string of the molecule is C=C(C)CC[C@H](O[Si](CC)(CC)CC)[C@@H](C)C(=O)C(=C)C(=O)OCc1ccc(OC)cc1. The molecule has 178 valence electrons. The number of Topliss-reactive ketones (excluding diaryl/α,β-unsaturated/α-hetero) is 1. The second-order valence-corrected chi connectivity index (χ2v) is 13.2. The Morgan fingerprint density at radius 1 is 1.03 bits per heavy atom. The molecule has 5 nitrogen and oxygen atoms in total. The summed E-state index contributed by atoms with van der Waals surface area (Å²) in [4.78, 5) is 25.6. The van der Waals surface area contributed by atoms with Crippen LogP contribution in [-0.2, 0) is 25.4 Å². The van der Waals surface area contributed by atoms with E-state index in [0.717, 1.165) is 41.4 Å². The van der Waals surface area contributed by atoms with E-state index < -0.39 is 20.2 Å². The minimum Gasteiger partial charge on any atom is -0.497 e. The average Bonchev–Trinajstić information content (AvgIpc) is 2.81. The van der Waals surface area contributed by atoms with Gasteiger partial charge in [0.1, 0.15) is 12.4 Å². The molecule has 0 unspecified atom stereocenters. The highest BCUT2D eigenvalue weighted by Crippen LogP contribution is 2.29. The smallest absolute Gasteiger partial charge is 0.341 e. The van der Waals surface area contributed by atoms with Crippen molar-refractivity contribution in [2.24, 2.45) is 5.92 Å². The Labute approximate surface area is 195 Å². The lowest BCUT2D eigenvalue weighted by atomic mass is 9.91. The van der Waals surface area contributed by atoms with Gasteiger partial charge in [-0.15, -0.1) is 6.58 Å². The van der Waals surface area contributed by atoms with Gasteiger partial charge in [0.25, 0.3) is 0 Å². The van der Waals surface area contributed by atoms with Crippen molar-refractivity contribution < 1.29 is 23.5 Å². The molecule has 0 aliphatic carbocycles. The topological polar surface area (TPSA) is 61.8 Å². The molecular formula is C26H40O5Si. The van der Waals surface area contributed by atoms with E-state index in [4.69, 9.17) is 13.9 Å². The van der Waals surface area contributed by atoms with Gasteiger partial charge in [-0.05, 0) is 55.6 Å². The van der Waals surface area contributed by atoms with Crippen molar-refractivity contribution in [2.45, 2.75) is 78.3 Å². The second-order valence-electron chi connectivity index (χ2n) is 8.45. The molecule has 0 aromatic heterocycles. The highest BCUT2D eigenvalue weighted by atomic mass is 28.4. The van der Waals surface area contributed by atoms with Crippen LogP contribution >= 0.6 is 0 Å². The lowest BCUT2D eigenvalue weighted by molar-refractivity contribution is -0.142. The molecule has 2 atom stereocenters. The summed E-state index contributed by atoms with van der Waals surface area (Å²) in [6.45, 7) is 18.1. The van der Waals surface area contributed by atoms with E-state index in [1.54, 1.807) is 19.2 Å². The predicted octanol–water partition coefficient (Wildman–Crippen LogP) is 6.25. The van der Waals surface area contributed by atoms with Crippen molar-refractivity contribution in [3.8, 4) is 5.75 Å². The van der Waals surface area contributed by atoms with E-state index in [1.165, 1.54) is 0 Å². The van der Waals surface area contributed by atoms with Crippen molar-refractivity contribution in [3.63, 3.8) is 0 Å². The number of carbonyl (C=O) groups excluding carboxylic acids is 2. The first kappa shape index (κ1) is 27.9. The Morgan fingerprint density at radius 2 is 1.59 bits per heavy atom. The Bertz CT molecular complexity index is 772. The molecule has 0 spiro atoms. The number of methoxy groups -OCH3 is 1. The molecule has 0 radical (unpaired) electrons. The van der Waals surface area contributed by atoms with Crippen LogP contribution in [0.5, 0.6) is 5.75 Å². The molecule has 0 aliphatic rings. The van der Waals surface area contributed by atoms with E-state index in [-0.39, 0.29) is 24.1 Å². The van der Waals surface area contributed by atoms with Crippen LogP contribution in [0.3, 0.4) is 0 Å². The maximum Gasteiger partial charge on any atom is 0.341 e. The fourth-order valence-electron chi connectivity index (χ4n) is 3.62. The summed E-state index contributed by atoms with van der Waals surface area (Å²) in [7, 11) is -0.338. The van der Waals surface area contributed by atoms with Crippen LogP contribution in [0.1, 0.15) is 53.0 Å². The standard InChI is InChI=1S/C26H40O5Si/c1-9-32(10-2,11-3)31-24(17-12-19(4)5)20(6)25(27)21(7)26(28)30-18-22-13-15-23(29-8)16-14-22/h13-16,20,24H,4,7,9-12,17-18H2,1-3,5-6,8H3/t20-,24+/m1/s1. The minimum absolute atomic E-state index is 0.0661. The third-order valence-corrected chi connectivity index (χ3v) is 10.9. The molecular weight excluding hydrogens is 420 g/mol. The van der Waals surface area contributed by atoms with E-state index in [2.05, 4.69) is 33.9 Å². The van der Waals surface area contributed by atoms with Gasteiger partial charge in [-0.1, -0.05) is 52.0 Å². The number of hydrogen-bond acceptors (Lipinski definition) is 5. The number of allylic oxidation sites excluding steroid dienone is 1. The number of esters is 1. The maximum absolute atomic E-state index is 13.1. The molecule has 6 heteroatoms. The van der Waals surface area contributed by atoms with Crippen LogP contribution in [0.4, 0.5) is 0 Å². The molecule has 1 aromatic carbocycles. The van der Waals surface area contributed by atoms with Gasteiger partial charge in [0, 0.05) is 5.92 Å². The monoisotopic (exact) mass is 460 g/mol. The molecule has 0 heterocycles. The third kappa shape index (κ3) is 8.06. The molecule has 1 aromatic rings. The van der Waals surface area contributed by atoms with Crippen LogP contribution in [0, 0.1) is 5.92 Å². The summed E-state index contributed by atoms with van der Waals surface area (Å²) >= 11 is 0. The van der Waals surface area contributed by atoms with Crippen molar-refractivity contribution in [2.75, 3.05) is 7.11 Å². The molecule has 0 amide bonds. The van der Waals surface area contributed by atoms with Gasteiger partial charge < -0.3 is 13.9 Å². The molecule has 0 fully saturated rings. The van der Waals surface area contributed by atoms with Crippen molar-refractivity contribution in [3.05, 3.63) is 54.1 Å². The fourth-order valence-corrected chi connectivity index (χ4v) is 6.59. The zero-order valence-electron chi connectivity index (χ0n) is 20.7. The highest BCUT2D eigenvalue weighted by Gasteiger charge is 2.37. The van der Waals surface area contributed by atoms with Crippen LogP contribution in [0.2, 0.25) is 18.1 Å². The molecule has 0 bridgehead atoms. The number of ketones is 1. The first-order chi connectivity index (χ1) is 15.1. The van der Waals surface area contributed by atoms with E-state index in [9.17, 15) is 9.59 Å². The highest BCUT2D eigenvalue weighted by molar-refractivity contribution is 6.73. The van der Waals surface area contributed by atoms with Crippen LogP contribution in [0.25, 0.3) is 0 Å². The Balaban J connectivity index is 2.86. The number of hydrogen-bond donors (Lipinski definition) is 0. The zero-order chi connectivity index (χ0) is 24.3. The summed E-state index contributed by atoms with van der Waals surface area (Å²) in [5, 5.41) is 0. The Hall–Kier alpha value is -2.18. The van der Waals surface area contributed by atoms with Gasteiger partial charge in [0.15, 0.2) is 14.1 Å². The molecule has 0 aliphatic heterocycles. The Kier molecular flexibility index (Phi) is 11.6. The van der Waals surface area contributed by atoms with Crippen LogP contribution in [-0.4, -0.2) is 33.3 Å². The second kappa shape index (κ2) is 13.4. The van der Waals surface area contributed by atoms with Crippen molar-refractivity contribution in [1.29, 1.82) is 0 Å². The van der Waals surface area contributed by atoms with E-state index in [0.29, 0.717) is 6.42 Å². The van der Waals surface area contributed by atoms with Crippen molar-refractivity contribution >= 4 is 20.1 Å². The van der Waals surface area contributed by atoms with Gasteiger partial charge in [0.2, 0.25) is 0 Å². The van der Waals surface area contributed by atoms with Gasteiger partial charge >= 0.3 is 5.97 Å². The summed E-state index contributed by atoms with van der Waals surface area (Å²) in [6, 6.07) is 10.2. The lowest BCUT2D eigenvalue weighted by Gasteiger charge is -2.36. The zero-order valence-corrected chi connectivity index (χ0v) is 21.7. The normalized spacial score (nSPS) is 13.2. The molecule has 0 saturated carbocycles. The third-order valence-electron chi connectivity index (χ3n) is 6.23. The van der Waals surface area contributed by atoms with Crippen LogP contribution < -0.4 is 4.74 Å². The van der Waals surface area contributed by atoms with Crippen LogP contribution in [0.15, 0.2) is 48.6 Å². The van der Waals surface area contributed by atoms with E-state index in [1.807, 2.05) is 26.0 Å². The van der Waals surface area contributed by atoms with Gasteiger partial charge in [-0.3, -0.25) is 4.79 Å². The first-order valence-corrected chi connectivity index (χ1v) is 14.0. The van der Waals surface area contributed by atoms with Gasteiger partial charge in [-0.2, -0.15) is 0 Å². The molecule has 0 saturated heterocycles. The first-order valence-electron chi connectivity index (χ1n) is 11.5. The maximum atomic E-state index is 13.1. The number of benzene rings is 1. The number of carbonyl (C=O) groups is 2. The average molecular weight is 461 g/mol. The minimum atomic E-state index is -1.93. The van der Waals surface area contributed by atoms with E-state index >= 15 is 0 Å². The molecule has 1 rings (SSSR count). The number of rotatable bonds is 15. The number of ether oxygens (including phenoxy) is 2. The summed E-state index contributed by atoms with van der Waals surface area (Å²) < 4.78 is 17.1. The summed E-state index contributed by atoms with van der Waals surface area (Å²) in [5.74, 6) is -0.768.